The number of benzene rings is 2. The lowest BCUT2D eigenvalue weighted by Crippen LogP contribution is -2.40. The number of β-amino-alcohol motifs (C(OH)–C–C–N with tert-alkyl or cyclic N) is 1. The summed E-state index contributed by atoms with van der Waals surface area (Å²) in [5, 5.41) is 31.6. The number of nitrogens with zero attached hydrogens (tertiary/aromatic N) is 1. The van der Waals surface area contributed by atoms with Crippen LogP contribution >= 0.6 is 11.6 Å². The molecule has 2 heterocycles. The molecule has 1 saturated heterocycles. The van der Waals surface area contributed by atoms with E-state index in [9.17, 15) is 20.1 Å². The summed E-state index contributed by atoms with van der Waals surface area (Å²) in [6.45, 7) is 1.11. The second-order valence-corrected chi connectivity index (χ2v) is 7.63. The van der Waals surface area contributed by atoms with Gasteiger partial charge in [0.25, 0.3) is 5.95 Å². The van der Waals surface area contributed by atoms with Crippen LogP contribution in [0.4, 0.5) is 0 Å². The van der Waals surface area contributed by atoms with Crippen molar-refractivity contribution in [3.63, 3.8) is 0 Å². The summed E-state index contributed by atoms with van der Waals surface area (Å²) in [4.78, 5) is 14.7. The number of para-hydroxylation sites is 1. The molecule has 0 saturated carbocycles. The molecule has 0 bridgehead atoms. The Hall–Kier alpha value is -2.74. The highest BCUT2D eigenvalue weighted by molar-refractivity contribution is 6.32. The highest BCUT2D eigenvalue weighted by Crippen LogP contribution is 2.43. The van der Waals surface area contributed by atoms with Crippen LogP contribution in [0, 0.1) is 0 Å². The second kappa shape index (κ2) is 7.59. The summed E-state index contributed by atoms with van der Waals surface area (Å²) < 4.78 is 11.4. The van der Waals surface area contributed by atoms with Gasteiger partial charge in [-0.2, -0.15) is 0 Å². The molecule has 2 atom stereocenters. The molecule has 4 rings (SSSR count). The summed E-state index contributed by atoms with van der Waals surface area (Å²) in [5.41, 5.74) is -0.264. The van der Waals surface area contributed by atoms with Crippen molar-refractivity contribution in [1.82, 2.24) is 4.90 Å². The fourth-order valence-corrected chi connectivity index (χ4v) is 3.95. The normalized spacial score (nSPS) is 20.1. The third kappa shape index (κ3) is 3.64. The maximum Gasteiger partial charge on any atom is 0.294 e. The second-order valence-electron chi connectivity index (χ2n) is 7.22. The monoisotopic (exact) mass is 417 g/mol. The molecule has 152 valence electrons. The van der Waals surface area contributed by atoms with Gasteiger partial charge in [0.1, 0.15) is 22.6 Å². The number of aliphatic hydroxyl groups is 1. The van der Waals surface area contributed by atoms with E-state index < -0.39 is 23.2 Å². The molecule has 1 aliphatic heterocycles. The molecule has 29 heavy (non-hydrogen) atoms. The molecule has 7 nitrogen and oxygen atoms in total. The summed E-state index contributed by atoms with van der Waals surface area (Å²) >= 11 is 6.11. The first-order chi connectivity index (χ1) is 13.8. The van der Waals surface area contributed by atoms with E-state index in [1.54, 1.807) is 24.3 Å². The molecular weight excluding hydrogens is 398 g/mol. The van der Waals surface area contributed by atoms with Gasteiger partial charge in [0.2, 0.25) is 0 Å². The molecule has 1 fully saturated rings. The van der Waals surface area contributed by atoms with Crippen molar-refractivity contribution in [2.24, 2.45) is 0 Å². The third-order valence-corrected chi connectivity index (χ3v) is 5.49. The van der Waals surface area contributed by atoms with Crippen LogP contribution < -0.4 is 10.2 Å². The van der Waals surface area contributed by atoms with Crippen LogP contribution in [-0.2, 0) is 0 Å². The van der Waals surface area contributed by atoms with Gasteiger partial charge in [-0.3, -0.25) is 4.79 Å². The first-order valence-electron chi connectivity index (χ1n) is 9.17. The van der Waals surface area contributed by atoms with Crippen LogP contribution in [0.25, 0.3) is 11.0 Å². The van der Waals surface area contributed by atoms with Gasteiger partial charge in [-0.05, 0) is 32.1 Å². The molecule has 2 aromatic carbocycles. The Morgan fingerprint density at radius 1 is 1.21 bits per heavy atom. The van der Waals surface area contributed by atoms with Crippen LogP contribution in [0.2, 0.25) is 5.02 Å². The van der Waals surface area contributed by atoms with Crippen molar-refractivity contribution in [1.29, 1.82) is 0 Å². The van der Waals surface area contributed by atoms with E-state index in [0.717, 1.165) is 12.1 Å². The van der Waals surface area contributed by atoms with Gasteiger partial charge in [0, 0.05) is 24.1 Å². The lowest BCUT2D eigenvalue weighted by molar-refractivity contribution is 0.0630. The SMILES string of the molecule is CN1CCC(c2c(O)cc(O)c3c(=O)cc(Oc4ccccc4Cl)oc23)C(O)C1. The Morgan fingerprint density at radius 2 is 1.97 bits per heavy atom. The number of aliphatic hydroxyl groups excluding tert-OH is 1. The zero-order valence-electron chi connectivity index (χ0n) is 15.6. The van der Waals surface area contributed by atoms with E-state index in [4.69, 9.17) is 20.8 Å². The van der Waals surface area contributed by atoms with E-state index >= 15 is 0 Å². The van der Waals surface area contributed by atoms with E-state index in [2.05, 4.69) is 0 Å². The Kier molecular flexibility index (Phi) is 5.12. The van der Waals surface area contributed by atoms with Gasteiger partial charge in [0.15, 0.2) is 11.0 Å². The third-order valence-electron chi connectivity index (χ3n) is 5.18. The molecule has 1 aromatic heterocycles. The maximum atomic E-state index is 12.7. The number of phenols is 2. The number of halogens is 1. The van der Waals surface area contributed by atoms with E-state index in [-0.39, 0.29) is 28.2 Å². The number of likely N-dealkylation sites (N-methyl/N-ethyl adjacent to an activating group) is 1. The fourth-order valence-electron chi connectivity index (χ4n) is 3.77. The Morgan fingerprint density at radius 3 is 2.69 bits per heavy atom. The maximum absolute atomic E-state index is 12.7. The molecule has 1 aliphatic rings. The molecule has 0 aliphatic carbocycles. The van der Waals surface area contributed by atoms with Crippen LogP contribution in [-0.4, -0.2) is 46.5 Å². The van der Waals surface area contributed by atoms with E-state index in [0.29, 0.717) is 30.3 Å². The van der Waals surface area contributed by atoms with Gasteiger partial charge >= 0.3 is 0 Å². The Labute approximate surface area is 171 Å². The van der Waals surface area contributed by atoms with Gasteiger partial charge < -0.3 is 29.4 Å². The first-order valence-corrected chi connectivity index (χ1v) is 9.54. The predicted octanol–water partition coefficient (Wildman–Crippen LogP) is 3.43. The van der Waals surface area contributed by atoms with Gasteiger partial charge in [0.05, 0.1) is 17.2 Å². The highest BCUT2D eigenvalue weighted by atomic mass is 35.5. The van der Waals surface area contributed by atoms with Crippen molar-refractivity contribution < 1.29 is 24.5 Å². The summed E-state index contributed by atoms with van der Waals surface area (Å²) in [6, 6.07) is 8.92. The van der Waals surface area contributed by atoms with Crippen LogP contribution in [0.5, 0.6) is 23.2 Å². The number of likely N-dealkylation sites (tertiary alicyclic amines) is 1. The highest BCUT2D eigenvalue weighted by Gasteiger charge is 2.33. The number of piperidine rings is 1. The Bertz CT molecular complexity index is 1130. The van der Waals surface area contributed by atoms with Crippen molar-refractivity contribution in [3.05, 3.63) is 57.2 Å². The number of fused-ring (bicyclic) bond motifs is 1. The molecular formula is C21H20ClNO6. The van der Waals surface area contributed by atoms with Gasteiger partial charge in [-0.25, -0.2) is 0 Å². The number of hydrogen-bond donors (Lipinski definition) is 3. The standard InChI is InChI=1S/C21H20ClNO6/c1-23-7-6-11(16(27)10-23)19-13(24)8-14(25)20-15(26)9-18(29-21(19)20)28-17-5-3-2-4-12(17)22/h2-5,8-9,11,16,24-25,27H,6-7,10H2,1H3. The van der Waals surface area contributed by atoms with Crippen molar-refractivity contribution in [2.75, 3.05) is 20.1 Å². The van der Waals surface area contributed by atoms with Crippen LogP contribution in [0.1, 0.15) is 17.9 Å². The van der Waals surface area contributed by atoms with E-state index in [1.807, 2.05) is 11.9 Å². The predicted molar refractivity (Wildman–Crippen MR) is 108 cm³/mol. The zero-order chi connectivity index (χ0) is 20.7. The average molecular weight is 418 g/mol. The number of rotatable bonds is 3. The van der Waals surface area contributed by atoms with Crippen molar-refractivity contribution in [3.8, 4) is 23.2 Å². The number of aromatic hydroxyl groups is 2. The summed E-state index contributed by atoms with van der Waals surface area (Å²) in [6.07, 6.45) is -0.226. The largest absolute Gasteiger partial charge is 0.507 e. The van der Waals surface area contributed by atoms with Gasteiger partial charge in [-0.1, -0.05) is 23.7 Å². The number of hydrogen-bond acceptors (Lipinski definition) is 7. The molecule has 3 N–H and O–H groups in total. The van der Waals surface area contributed by atoms with Crippen molar-refractivity contribution >= 4 is 22.6 Å². The zero-order valence-corrected chi connectivity index (χ0v) is 16.4. The molecule has 0 spiro atoms. The number of ether oxygens (including phenoxy) is 1. The molecule has 0 radical (unpaired) electrons. The quantitative estimate of drug-likeness (QED) is 0.599. The minimum absolute atomic E-state index is 0.00865. The number of phenolic OH excluding ortho intramolecular Hbond substituents is 2. The topological polar surface area (TPSA) is 103 Å². The summed E-state index contributed by atoms with van der Waals surface area (Å²) in [7, 11) is 1.89. The minimum atomic E-state index is -0.772. The smallest absolute Gasteiger partial charge is 0.294 e. The lowest BCUT2D eigenvalue weighted by atomic mass is 9.85. The van der Waals surface area contributed by atoms with Crippen LogP contribution in [0.3, 0.4) is 0 Å². The Balaban J connectivity index is 1.88. The summed E-state index contributed by atoms with van der Waals surface area (Å²) in [5.74, 6) is -0.956. The first kappa shape index (κ1) is 19.6. The van der Waals surface area contributed by atoms with E-state index in [1.165, 1.54) is 0 Å². The lowest BCUT2D eigenvalue weighted by Gasteiger charge is -2.34. The molecule has 3 aromatic rings. The fraction of sp³-hybridized carbons (Fsp3) is 0.286. The van der Waals surface area contributed by atoms with Crippen molar-refractivity contribution in [2.45, 2.75) is 18.4 Å². The average Bonchev–Trinajstić information content (AvgIpc) is 2.64. The van der Waals surface area contributed by atoms with Gasteiger partial charge in [-0.15, -0.1) is 0 Å². The molecule has 2 unspecified atom stereocenters. The van der Waals surface area contributed by atoms with Crippen LogP contribution in [0.15, 0.2) is 45.6 Å². The molecule has 0 amide bonds. The molecule has 8 heteroatoms. The minimum Gasteiger partial charge on any atom is -0.507 e.